The Kier molecular flexibility index (Phi) is 4.61. The Balaban J connectivity index is 2.55. The minimum atomic E-state index is -5.60. The zero-order valence-electron chi connectivity index (χ0n) is 8.07. The predicted molar refractivity (Wildman–Crippen MR) is 60.7 cm³/mol. The summed E-state index contributed by atoms with van der Waals surface area (Å²) in [4.78, 5) is 0. The van der Waals surface area contributed by atoms with Crippen molar-refractivity contribution in [3.05, 3.63) is 27.8 Å². The van der Waals surface area contributed by atoms with E-state index in [9.17, 15) is 21.6 Å². The molecule has 0 amide bonds. The maximum atomic E-state index is 11.9. The summed E-state index contributed by atoms with van der Waals surface area (Å²) in [7, 11) is -5.60. The topological polar surface area (TPSA) is 52.6 Å². The van der Waals surface area contributed by atoms with E-state index < -0.39 is 22.4 Å². The summed E-state index contributed by atoms with van der Waals surface area (Å²) in [6, 6.07) is 6.33. The minimum Gasteiger partial charge on any atom is -0.466 e. The summed E-state index contributed by atoms with van der Waals surface area (Å²) in [5.74, 6) is 0.217. The average molecular weight is 382 g/mol. The third-order valence-electron chi connectivity index (χ3n) is 1.51. The number of hydrogen-bond acceptors (Lipinski definition) is 4. The maximum absolute atomic E-state index is 11.9. The number of alkyl halides is 3. The van der Waals surface area contributed by atoms with Crippen LogP contribution in [0.3, 0.4) is 0 Å². The SMILES string of the molecule is O=S(=O)(OCOc1cccc(I)c1)C(F)(F)F. The Bertz CT molecular complexity index is 486. The lowest BCUT2D eigenvalue weighted by Crippen LogP contribution is -2.27. The Morgan fingerprint density at radius 1 is 1.29 bits per heavy atom. The van der Waals surface area contributed by atoms with Gasteiger partial charge in [-0.05, 0) is 40.8 Å². The molecule has 0 atom stereocenters. The molecule has 0 aliphatic carbocycles. The quantitative estimate of drug-likeness (QED) is 0.348. The molecular weight excluding hydrogens is 376 g/mol. The third kappa shape index (κ3) is 4.32. The second-order valence-corrected chi connectivity index (χ2v) is 5.59. The van der Waals surface area contributed by atoms with Crippen LogP contribution < -0.4 is 4.74 Å². The highest BCUT2D eigenvalue weighted by atomic mass is 127. The molecule has 0 heterocycles. The van der Waals surface area contributed by atoms with Crippen molar-refractivity contribution in [1.82, 2.24) is 0 Å². The van der Waals surface area contributed by atoms with Crippen molar-refractivity contribution in [2.45, 2.75) is 5.51 Å². The number of hydrogen-bond donors (Lipinski definition) is 0. The van der Waals surface area contributed by atoms with E-state index >= 15 is 0 Å². The first-order chi connectivity index (χ1) is 7.72. The standard InChI is InChI=1S/C8H6F3IO4S/c9-8(10,11)17(13,14)16-5-15-7-3-1-2-6(12)4-7/h1-4H,5H2. The van der Waals surface area contributed by atoms with Crippen LogP contribution in [0.4, 0.5) is 13.2 Å². The Morgan fingerprint density at radius 2 is 1.94 bits per heavy atom. The Hall–Kier alpha value is -0.550. The molecule has 0 aliphatic rings. The van der Waals surface area contributed by atoms with Gasteiger partial charge in [-0.1, -0.05) is 6.07 Å². The van der Waals surface area contributed by atoms with Gasteiger partial charge in [0.2, 0.25) is 6.79 Å². The first-order valence-corrected chi connectivity index (χ1v) is 6.55. The summed E-state index contributed by atoms with van der Waals surface area (Å²) < 4.78 is 65.7. The van der Waals surface area contributed by atoms with E-state index in [-0.39, 0.29) is 5.75 Å². The van der Waals surface area contributed by atoms with E-state index in [0.717, 1.165) is 3.57 Å². The summed E-state index contributed by atoms with van der Waals surface area (Å²) in [6.45, 7) is -1.03. The van der Waals surface area contributed by atoms with Gasteiger partial charge in [0, 0.05) is 3.57 Å². The number of ether oxygens (including phenoxy) is 1. The molecule has 1 aromatic carbocycles. The normalized spacial score (nSPS) is 12.5. The van der Waals surface area contributed by atoms with E-state index in [1.807, 2.05) is 22.6 Å². The van der Waals surface area contributed by atoms with E-state index in [0.29, 0.717) is 0 Å². The first kappa shape index (κ1) is 14.5. The molecule has 0 unspecified atom stereocenters. The van der Waals surface area contributed by atoms with Gasteiger partial charge in [-0.2, -0.15) is 21.6 Å². The van der Waals surface area contributed by atoms with Gasteiger partial charge in [0.1, 0.15) is 5.75 Å². The molecular formula is C8H6F3IO4S. The van der Waals surface area contributed by atoms with Gasteiger partial charge in [-0.25, -0.2) is 4.18 Å². The number of benzene rings is 1. The van der Waals surface area contributed by atoms with Gasteiger partial charge >= 0.3 is 15.6 Å². The molecule has 9 heteroatoms. The molecule has 0 aliphatic heterocycles. The van der Waals surface area contributed by atoms with Crippen LogP contribution in [0.2, 0.25) is 0 Å². The second-order valence-electron chi connectivity index (χ2n) is 2.74. The van der Waals surface area contributed by atoms with Gasteiger partial charge in [-0.15, -0.1) is 0 Å². The second kappa shape index (κ2) is 5.40. The van der Waals surface area contributed by atoms with Crippen molar-refractivity contribution in [2.75, 3.05) is 6.79 Å². The molecule has 1 rings (SSSR count). The molecule has 0 bridgehead atoms. The van der Waals surface area contributed by atoms with Crippen LogP contribution >= 0.6 is 22.6 Å². The Labute approximate surface area is 109 Å². The van der Waals surface area contributed by atoms with Crippen LogP contribution in [0.1, 0.15) is 0 Å². The lowest BCUT2D eigenvalue weighted by atomic mass is 10.3. The van der Waals surface area contributed by atoms with Crippen molar-refractivity contribution in [2.24, 2.45) is 0 Å². The zero-order valence-corrected chi connectivity index (χ0v) is 11.0. The fourth-order valence-corrected chi connectivity index (χ4v) is 1.60. The summed E-state index contributed by atoms with van der Waals surface area (Å²) in [5.41, 5.74) is -5.44. The number of halogens is 4. The van der Waals surface area contributed by atoms with Crippen LogP contribution in [0.5, 0.6) is 5.75 Å². The highest BCUT2D eigenvalue weighted by Gasteiger charge is 2.47. The molecule has 0 fully saturated rings. The van der Waals surface area contributed by atoms with Gasteiger partial charge in [0.05, 0.1) is 0 Å². The predicted octanol–water partition coefficient (Wildman–Crippen LogP) is 2.49. The van der Waals surface area contributed by atoms with Crippen LogP contribution in [-0.4, -0.2) is 20.7 Å². The lowest BCUT2D eigenvalue weighted by Gasteiger charge is -2.09. The van der Waals surface area contributed by atoms with E-state index in [4.69, 9.17) is 4.74 Å². The largest absolute Gasteiger partial charge is 0.523 e. The van der Waals surface area contributed by atoms with E-state index in [1.165, 1.54) is 12.1 Å². The summed E-state index contributed by atoms with van der Waals surface area (Å²) in [6.07, 6.45) is 0. The van der Waals surface area contributed by atoms with Gasteiger partial charge < -0.3 is 4.74 Å². The van der Waals surface area contributed by atoms with Crippen molar-refractivity contribution in [3.8, 4) is 5.75 Å². The third-order valence-corrected chi connectivity index (χ3v) is 3.15. The zero-order chi connectivity index (χ0) is 13.1. The fourth-order valence-electron chi connectivity index (χ4n) is 0.779. The van der Waals surface area contributed by atoms with Gasteiger partial charge in [-0.3, -0.25) is 0 Å². The van der Waals surface area contributed by atoms with Crippen LogP contribution in [0.15, 0.2) is 24.3 Å². The molecule has 0 saturated carbocycles. The molecule has 0 aromatic heterocycles. The average Bonchev–Trinajstić information content (AvgIpc) is 2.15. The van der Waals surface area contributed by atoms with E-state index in [2.05, 4.69) is 4.18 Å². The Morgan fingerprint density at radius 3 is 2.47 bits per heavy atom. The van der Waals surface area contributed by atoms with Crippen LogP contribution in [-0.2, 0) is 14.3 Å². The number of rotatable bonds is 4. The van der Waals surface area contributed by atoms with Crippen molar-refractivity contribution >= 4 is 32.7 Å². The molecule has 0 N–H and O–H groups in total. The minimum absolute atomic E-state index is 0.217. The molecule has 4 nitrogen and oxygen atoms in total. The maximum Gasteiger partial charge on any atom is 0.523 e. The highest BCUT2D eigenvalue weighted by Crippen LogP contribution is 2.24. The van der Waals surface area contributed by atoms with Crippen LogP contribution in [0, 0.1) is 3.57 Å². The van der Waals surface area contributed by atoms with Crippen molar-refractivity contribution in [3.63, 3.8) is 0 Å². The smallest absolute Gasteiger partial charge is 0.466 e. The van der Waals surface area contributed by atoms with Gasteiger partial charge in [0.15, 0.2) is 0 Å². The summed E-state index contributed by atoms with van der Waals surface area (Å²) >= 11 is 1.97. The summed E-state index contributed by atoms with van der Waals surface area (Å²) in [5, 5.41) is 0. The fraction of sp³-hybridized carbons (Fsp3) is 0.250. The molecule has 17 heavy (non-hydrogen) atoms. The van der Waals surface area contributed by atoms with Crippen LogP contribution in [0.25, 0.3) is 0 Å². The molecule has 0 spiro atoms. The highest BCUT2D eigenvalue weighted by molar-refractivity contribution is 14.1. The van der Waals surface area contributed by atoms with Crippen molar-refractivity contribution < 1.29 is 30.5 Å². The first-order valence-electron chi connectivity index (χ1n) is 4.06. The monoisotopic (exact) mass is 382 g/mol. The van der Waals surface area contributed by atoms with Gasteiger partial charge in [0.25, 0.3) is 0 Å². The molecule has 1 aromatic rings. The molecule has 96 valence electrons. The lowest BCUT2D eigenvalue weighted by molar-refractivity contribution is -0.0588. The molecule has 0 saturated heterocycles. The van der Waals surface area contributed by atoms with Crippen molar-refractivity contribution in [1.29, 1.82) is 0 Å². The molecule has 0 radical (unpaired) electrons. The van der Waals surface area contributed by atoms with E-state index in [1.54, 1.807) is 12.1 Å².